The van der Waals surface area contributed by atoms with Gasteiger partial charge in [-0.25, -0.2) is 8.42 Å². The molecule has 9 heteroatoms. The Morgan fingerprint density at radius 1 is 1.12 bits per heavy atom. The molecular weight excluding hydrogens is 494 g/mol. The average Bonchev–Trinajstić information content (AvgIpc) is 2.75. The minimum absolute atomic E-state index is 0.116. The van der Waals surface area contributed by atoms with Gasteiger partial charge in [-0.2, -0.15) is 4.31 Å². The van der Waals surface area contributed by atoms with E-state index in [1.54, 1.807) is 19.1 Å². The molecule has 2 aromatic rings. The number of hydrogen-bond donors (Lipinski definition) is 1. The van der Waals surface area contributed by atoms with E-state index in [1.165, 1.54) is 24.1 Å². The molecule has 2 rings (SSSR count). The van der Waals surface area contributed by atoms with Gasteiger partial charge < -0.3 is 10.2 Å². The fourth-order valence-electron chi connectivity index (χ4n) is 3.07. The van der Waals surface area contributed by atoms with Crippen LogP contribution in [0.1, 0.15) is 31.4 Å². The molecule has 0 spiro atoms. The highest BCUT2D eigenvalue weighted by atomic mass is 79.9. The van der Waals surface area contributed by atoms with Gasteiger partial charge in [0.05, 0.1) is 11.4 Å². The fraction of sp³-hybridized carbons (Fsp3) is 0.391. The molecule has 32 heavy (non-hydrogen) atoms. The summed E-state index contributed by atoms with van der Waals surface area (Å²) in [5.41, 5.74) is 1.77. The molecule has 2 amide bonds. The highest BCUT2D eigenvalue weighted by Crippen LogP contribution is 2.18. The van der Waals surface area contributed by atoms with E-state index in [4.69, 9.17) is 0 Å². The molecule has 0 saturated heterocycles. The molecule has 1 unspecified atom stereocenters. The second-order valence-corrected chi connectivity index (χ2v) is 10.7. The summed E-state index contributed by atoms with van der Waals surface area (Å²) in [4.78, 5) is 27.3. The average molecular weight is 524 g/mol. The predicted molar refractivity (Wildman–Crippen MR) is 128 cm³/mol. The van der Waals surface area contributed by atoms with Crippen molar-refractivity contribution in [1.29, 1.82) is 0 Å². The van der Waals surface area contributed by atoms with E-state index >= 15 is 0 Å². The van der Waals surface area contributed by atoms with Crippen molar-refractivity contribution in [1.82, 2.24) is 14.5 Å². The van der Waals surface area contributed by atoms with Crippen LogP contribution in [-0.2, 0) is 26.2 Å². The van der Waals surface area contributed by atoms with Crippen LogP contribution < -0.4 is 5.32 Å². The van der Waals surface area contributed by atoms with Crippen LogP contribution >= 0.6 is 15.9 Å². The first-order chi connectivity index (χ1) is 15.1. The maximum absolute atomic E-state index is 13.2. The number of sulfonamides is 1. The topological polar surface area (TPSA) is 86.8 Å². The van der Waals surface area contributed by atoms with Crippen molar-refractivity contribution in [3.8, 4) is 0 Å². The van der Waals surface area contributed by atoms with Crippen LogP contribution in [0.3, 0.4) is 0 Å². The van der Waals surface area contributed by atoms with Gasteiger partial charge in [0.1, 0.15) is 6.04 Å². The van der Waals surface area contributed by atoms with Crippen molar-refractivity contribution in [2.24, 2.45) is 0 Å². The van der Waals surface area contributed by atoms with Crippen molar-refractivity contribution in [2.75, 3.05) is 20.1 Å². The Bertz CT molecular complexity index is 1040. The van der Waals surface area contributed by atoms with Crippen LogP contribution in [0.4, 0.5) is 0 Å². The van der Waals surface area contributed by atoms with Crippen LogP contribution in [0.15, 0.2) is 57.9 Å². The minimum Gasteiger partial charge on any atom is -0.354 e. The largest absolute Gasteiger partial charge is 0.354 e. The molecule has 0 fully saturated rings. The summed E-state index contributed by atoms with van der Waals surface area (Å²) in [6, 6.07) is 13.1. The van der Waals surface area contributed by atoms with Gasteiger partial charge in [-0.05, 0) is 50.1 Å². The molecule has 0 aliphatic rings. The van der Waals surface area contributed by atoms with E-state index in [0.717, 1.165) is 26.3 Å². The second-order valence-electron chi connectivity index (χ2n) is 7.69. The van der Waals surface area contributed by atoms with Crippen molar-refractivity contribution in [3.63, 3.8) is 0 Å². The summed E-state index contributed by atoms with van der Waals surface area (Å²) in [5.74, 6) is -0.735. The Balaban J connectivity index is 2.25. The molecule has 174 valence electrons. The maximum atomic E-state index is 13.2. The molecule has 2 aromatic carbocycles. The number of benzene rings is 2. The van der Waals surface area contributed by atoms with Crippen LogP contribution in [0.25, 0.3) is 0 Å². The Morgan fingerprint density at radius 3 is 2.38 bits per heavy atom. The molecule has 0 aliphatic heterocycles. The molecule has 7 nitrogen and oxygen atoms in total. The summed E-state index contributed by atoms with van der Waals surface area (Å²) >= 11 is 3.42. The highest BCUT2D eigenvalue weighted by molar-refractivity contribution is 9.10. The Hall–Kier alpha value is -2.23. The summed E-state index contributed by atoms with van der Waals surface area (Å²) in [5, 5.41) is 2.81. The normalized spacial score (nSPS) is 12.4. The Kier molecular flexibility index (Phi) is 9.42. The molecule has 0 bridgehead atoms. The third-order valence-electron chi connectivity index (χ3n) is 5.05. The first-order valence-electron chi connectivity index (χ1n) is 10.4. The fourth-order valence-corrected chi connectivity index (χ4v) is 4.63. The van der Waals surface area contributed by atoms with Gasteiger partial charge in [-0.15, -0.1) is 0 Å². The smallest absolute Gasteiger partial charge is 0.243 e. The summed E-state index contributed by atoms with van der Waals surface area (Å²) in [6.45, 7) is 5.76. The van der Waals surface area contributed by atoms with E-state index in [-0.39, 0.29) is 23.9 Å². The zero-order valence-corrected chi connectivity index (χ0v) is 21.2. The molecule has 1 atom stereocenters. The first kappa shape index (κ1) is 26.0. The van der Waals surface area contributed by atoms with Crippen LogP contribution in [0.5, 0.6) is 0 Å². The van der Waals surface area contributed by atoms with Gasteiger partial charge in [0.2, 0.25) is 21.8 Å². The van der Waals surface area contributed by atoms with E-state index in [1.807, 2.05) is 38.1 Å². The van der Waals surface area contributed by atoms with E-state index in [2.05, 4.69) is 21.2 Å². The number of carbonyl (C=O) groups is 2. The van der Waals surface area contributed by atoms with Gasteiger partial charge in [-0.3, -0.25) is 9.59 Å². The molecule has 0 aliphatic carbocycles. The Labute approximate surface area is 199 Å². The van der Waals surface area contributed by atoms with E-state index in [0.29, 0.717) is 6.54 Å². The van der Waals surface area contributed by atoms with Crippen LogP contribution in [-0.4, -0.2) is 55.6 Å². The highest BCUT2D eigenvalue weighted by Gasteiger charge is 2.30. The number of likely N-dealkylation sites (N-methyl/N-ethyl adjacent to an activating group) is 1. The molecule has 0 aromatic heterocycles. The lowest BCUT2D eigenvalue weighted by atomic mass is 10.1. The number of halogens is 1. The van der Waals surface area contributed by atoms with E-state index < -0.39 is 22.0 Å². The number of aryl methyl sites for hydroxylation is 1. The SMILES string of the molecule is CCCNC(=O)C(C)N(Cc1cccc(Br)c1)C(=O)CN(C)S(=O)(=O)c1ccc(C)cc1. The van der Waals surface area contributed by atoms with Gasteiger partial charge in [-0.1, -0.05) is 52.7 Å². The molecule has 0 heterocycles. The number of rotatable bonds is 10. The summed E-state index contributed by atoms with van der Waals surface area (Å²) < 4.78 is 27.7. The number of amides is 2. The third-order valence-corrected chi connectivity index (χ3v) is 7.36. The number of carbonyl (C=O) groups excluding carboxylic acids is 2. The van der Waals surface area contributed by atoms with Gasteiger partial charge in [0.15, 0.2) is 0 Å². The maximum Gasteiger partial charge on any atom is 0.243 e. The van der Waals surface area contributed by atoms with Gasteiger partial charge >= 0.3 is 0 Å². The molecular formula is C23H30BrN3O4S. The van der Waals surface area contributed by atoms with Gasteiger partial charge in [0, 0.05) is 24.6 Å². The molecule has 1 N–H and O–H groups in total. The monoisotopic (exact) mass is 523 g/mol. The van der Waals surface area contributed by atoms with Crippen molar-refractivity contribution < 1.29 is 18.0 Å². The second kappa shape index (κ2) is 11.6. The lowest BCUT2D eigenvalue weighted by molar-refractivity contribution is -0.140. The zero-order chi connectivity index (χ0) is 23.9. The van der Waals surface area contributed by atoms with Crippen LogP contribution in [0.2, 0.25) is 0 Å². The Morgan fingerprint density at radius 2 is 1.78 bits per heavy atom. The first-order valence-corrected chi connectivity index (χ1v) is 12.6. The van der Waals surface area contributed by atoms with E-state index in [9.17, 15) is 18.0 Å². The lowest BCUT2D eigenvalue weighted by Crippen LogP contribution is -2.50. The quantitative estimate of drug-likeness (QED) is 0.517. The zero-order valence-electron chi connectivity index (χ0n) is 18.8. The standard InChI is InChI=1S/C23H30BrN3O4S/c1-5-13-25-23(29)18(3)27(15-19-7-6-8-20(24)14-19)22(28)16-26(4)32(30,31)21-11-9-17(2)10-12-21/h6-12,14,18H,5,13,15-16H2,1-4H3,(H,25,29). The lowest BCUT2D eigenvalue weighted by Gasteiger charge is -2.30. The predicted octanol–water partition coefficient (Wildman–Crippen LogP) is 3.32. The minimum atomic E-state index is -3.85. The molecule has 0 radical (unpaired) electrons. The number of nitrogens with one attached hydrogen (secondary N) is 1. The van der Waals surface area contributed by atoms with Gasteiger partial charge in [0.25, 0.3) is 0 Å². The number of hydrogen-bond acceptors (Lipinski definition) is 4. The summed E-state index contributed by atoms with van der Waals surface area (Å²) in [7, 11) is -2.48. The van der Waals surface area contributed by atoms with Crippen LogP contribution in [0, 0.1) is 6.92 Å². The van der Waals surface area contributed by atoms with Crippen molar-refractivity contribution in [3.05, 3.63) is 64.1 Å². The molecule has 0 saturated carbocycles. The van der Waals surface area contributed by atoms with Crippen molar-refractivity contribution >= 4 is 37.8 Å². The summed E-state index contributed by atoms with van der Waals surface area (Å²) in [6.07, 6.45) is 0.773. The third kappa shape index (κ3) is 6.88. The number of nitrogens with zero attached hydrogens (tertiary/aromatic N) is 2. The van der Waals surface area contributed by atoms with Crippen molar-refractivity contribution in [2.45, 2.75) is 44.7 Å².